The highest BCUT2D eigenvalue weighted by molar-refractivity contribution is 7.92. The summed E-state index contributed by atoms with van der Waals surface area (Å²) in [4.78, 5) is 12.6. The van der Waals surface area contributed by atoms with Gasteiger partial charge in [0.05, 0.1) is 4.90 Å². The Morgan fingerprint density at radius 1 is 0.933 bits per heavy atom. The zero-order valence-electron chi connectivity index (χ0n) is 16.8. The Morgan fingerprint density at radius 2 is 1.63 bits per heavy atom. The molecule has 0 unspecified atom stereocenters. The number of nitrogens with one attached hydrogen (secondary N) is 2. The van der Waals surface area contributed by atoms with E-state index in [4.69, 9.17) is 4.74 Å². The molecule has 0 aliphatic carbocycles. The van der Waals surface area contributed by atoms with Crippen LogP contribution in [0.4, 0.5) is 11.4 Å². The maximum absolute atomic E-state index is 12.6. The number of para-hydroxylation sites is 1. The molecule has 6 nitrogen and oxygen atoms in total. The van der Waals surface area contributed by atoms with E-state index in [-0.39, 0.29) is 10.8 Å². The van der Waals surface area contributed by atoms with Crippen LogP contribution in [0, 0.1) is 6.92 Å². The molecule has 0 spiro atoms. The van der Waals surface area contributed by atoms with E-state index < -0.39 is 16.1 Å². The van der Waals surface area contributed by atoms with Gasteiger partial charge >= 0.3 is 0 Å². The Hall–Kier alpha value is -3.32. The first-order chi connectivity index (χ1) is 14.4. The summed E-state index contributed by atoms with van der Waals surface area (Å²) in [5.41, 5.74) is 1.94. The molecule has 1 amide bonds. The summed E-state index contributed by atoms with van der Waals surface area (Å²) in [5, 5.41) is 2.77. The lowest BCUT2D eigenvalue weighted by Crippen LogP contribution is -2.32. The lowest BCUT2D eigenvalue weighted by atomic mass is 10.2. The van der Waals surface area contributed by atoms with Gasteiger partial charge in [0.1, 0.15) is 5.75 Å². The Labute approximate surface area is 177 Å². The average molecular weight is 425 g/mol. The van der Waals surface area contributed by atoms with Crippen LogP contribution in [0.2, 0.25) is 0 Å². The maximum Gasteiger partial charge on any atom is 0.265 e. The van der Waals surface area contributed by atoms with Gasteiger partial charge in [-0.15, -0.1) is 0 Å². The second-order valence-electron chi connectivity index (χ2n) is 6.82. The third kappa shape index (κ3) is 5.61. The van der Waals surface area contributed by atoms with E-state index in [0.29, 0.717) is 23.5 Å². The summed E-state index contributed by atoms with van der Waals surface area (Å²) in [7, 11) is -3.72. The van der Waals surface area contributed by atoms with Crippen molar-refractivity contribution in [2.75, 3.05) is 10.0 Å². The number of rotatable bonds is 8. The van der Waals surface area contributed by atoms with Gasteiger partial charge in [-0.2, -0.15) is 0 Å². The summed E-state index contributed by atoms with van der Waals surface area (Å²) in [6.07, 6.45) is -0.160. The third-order valence-electron chi connectivity index (χ3n) is 4.39. The first-order valence-electron chi connectivity index (χ1n) is 9.59. The first-order valence-corrected chi connectivity index (χ1v) is 11.1. The minimum atomic E-state index is -3.72. The molecule has 0 aliphatic rings. The van der Waals surface area contributed by atoms with E-state index in [2.05, 4.69) is 10.0 Å². The van der Waals surface area contributed by atoms with Crippen molar-refractivity contribution in [3.63, 3.8) is 0 Å². The molecule has 3 rings (SSSR count). The van der Waals surface area contributed by atoms with E-state index in [1.165, 1.54) is 12.1 Å². The van der Waals surface area contributed by atoms with Gasteiger partial charge in [-0.25, -0.2) is 8.42 Å². The van der Waals surface area contributed by atoms with Crippen molar-refractivity contribution < 1.29 is 17.9 Å². The van der Waals surface area contributed by atoms with Crippen molar-refractivity contribution in [3.8, 4) is 5.75 Å². The molecular formula is C23H24N2O4S. The monoisotopic (exact) mass is 424 g/mol. The van der Waals surface area contributed by atoms with Gasteiger partial charge in [0, 0.05) is 11.4 Å². The number of amides is 1. The predicted molar refractivity (Wildman–Crippen MR) is 118 cm³/mol. The second-order valence-corrected chi connectivity index (χ2v) is 8.50. The molecule has 1 atom stereocenters. The highest BCUT2D eigenvalue weighted by atomic mass is 32.2. The van der Waals surface area contributed by atoms with Gasteiger partial charge in [-0.3, -0.25) is 9.52 Å². The number of carbonyl (C=O) groups excluding carboxylic acids is 1. The fourth-order valence-electron chi connectivity index (χ4n) is 2.85. The molecule has 3 aromatic rings. The quantitative estimate of drug-likeness (QED) is 0.554. The number of aryl methyl sites for hydroxylation is 1. The van der Waals surface area contributed by atoms with Crippen LogP contribution in [0.1, 0.15) is 18.9 Å². The van der Waals surface area contributed by atoms with Gasteiger partial charge in [-0.1, -0.05) is 37.3 Å². The molecular weight excluding hydrogens is 400 g/mol. The highest BCUT2D eigenvalue weighted by Gasteiger charge is 2.19. The zero-order valence-corrected chi connectivity index (χ0v) is 17.6. The van der Waals surface area contributed by atoms with Crippen LogP contribution in [0.15, 0.2) is 83.8 Å². The molecule has 0 saturated carbocycles. The number of hydrogen-bond acceptors (Lipinski definition) is 4. The van der Waals surface area contributed by atoms with Crippen LogP contribution < -0.4 is 14.8 Å². The SMILES string of the molecule is CC[C@H](Oc1ccccc1)C(=O)Nc1ccc(S(=O)(=O)Nc2cccc(C)c2)cc1. The Balaban J connectivity index is 1.66. The lowest BCUT2D eigenvalue weighted by Gasteiger charge is -2.17. The standard InChI is InChI=1S/C23H24N2O4S/c1-3-22(29-20-10-5-4-6-11-20)23(26)24-18-12-14-21(15-13-18)30(27,28)25-19-9-7-8-17(2)16-19/h4-16,22,25H,3H2,1-2H3,(H,24,26)/t22-/m0/s1. The molecule has 0 aromatic heterocycles. The van der Waals surface area contributed by atoms with Crippen LogP contribution in [-0.2, 0) is 14.8 Å². The van der Waals surface area contributed by atoms with Crippen molar-refractivity contribution in [3.05, 3.63) is 84.4 Å². The zero-order chi connectivity index (χ0) is 21.6. The van der Waals surface area contributed by atoms with E-state index in [9.17, 15) is 13.2 Å². The highest BCUT2D eigenvalue weighted by Crippen LogP contribution is 2.20. The smallest absolute Gasteiger partial charge is 0.265 e. The largest absolute Gasteiger partial charge is 0.481 e. The topological polar surface area (TPSA) is 84.5 Å². The minimum absolute atomic E-state index is 0.106. The summed E-state index contributed by atoms with van der Waals surface area (Å²) >= 11 is 0. The fraction of sp³-hybridized carbons (Fsp3) is 0.174. The van der Waals surface area contributed by atoms with Gasteiger partial charge < -0.3 is 10.1 Å². The maximum atomic E-state index is 12.6. The van der Waals surface area contributed by atoms with E-state index >= 15 is 0 Å². The molecule has 156 valence electrons. The second kappa shape index (κ2) is 9.45. The number of ether oxygens (including phenoxy) is 1. The minimum Gasteiger partial charge on any atom is -0.481 e. The molecule has 0 heterocycles. The Morgan fingerprint density at radius 3 is 2.27 bits per heavy atom. The van der Waals surface area contributed by atoms with Crippen LogP contribution in [0.5, 0.6) is 5.75 Å². The average Bonchev–Trinajstić information content (AvgIpc) is 2.73. The fourth-order valence-corrected chi connectivity index (χ4v) is 3.90. The van der Waals surface area contributed by atoms with Crippen LogP contribution in [0.3, 0.4) is 0 Å². The number of carbonyl (C=O) groups is 1. The Bertz CT molecular complexity index is 1100. The molecule has 3 aromatic carbocycles. The van der Waals surface area contributed by atoms with E-state index in [1.807, 2.05) is 38.1 Å². The van der Waals surface area contributed by atoms with E-state index in [1.54, 1.807) is 42.5 Å². The predicted octanol–water partition coefficient (Wildman–Crippen LogP) is 4.59. The van der Waals surface area contributed by atoms with Gasteiger partial charge in [-0.05, 0) is 67.4 Å². The van der Waals surface area contributed by atoms with Crippen LogP contribution in [-0.4, -0.2) is 20.4 Å². The molecule has 0 aliphatic heterocycles. The number of benzene rings is 3. The Kier molecular flexibility index (Phi) is 6.74. The first kappa shape index (κ1) is 21.4. The van der Waals surface area contributed by atoms with Crippen molar-refractivity contribution in [2.45, 2.75) is 31.3 Å². The number of sulfonamides is 1. The van der Waals surface area contributed by atoms with Crippen molar-refractivity contribution in [1.82, 2.24) is 0 Å². The summed E-state index contributed by atoms with van der Waals surface area (Å²) in [6, 6.07) is 22.3. The molecule has 7 heteroatoms. The number of hydrogen-bond donors (Lipinski definition) is 2. The normalized spacial score (nSPS) is 12.1. The molecule has 0 fully saturated rings. The van der Waals surface area contributed by atoms with Crippen molar-refractivity contribution in [2.24, 2.45) is 0 Å². The molecule has 0 radical (unpaired) electrons. The lowest BCUT2D eigenvalue weighted by molar-refractivity contribution is -0.122. The summed E-state index contributed by atoms with van der Waals surface area (Å²) < 4.78 is 33.5. The van der Waals surface area contributed by atoms with Crippen LogP contribution in [0.25, 0.3) is 0 Å². The number of anilines is 2. The van der Waals surface area contributed by atoms with Crippen molar-refractivity contribution >= 4 is 27.3 Å². The summed E-state index contributed by atoms with van der Waals surface area (Å²) in [5.74, 6) is 0.318. The van der Waals surface area contributed by atoms with Gasteiger partial charge in [0.2, 0.25) is 0 Å². The third-order valence-corrected chi connectivity index (χ3v) is 5.78. The molecule has 30 heavy (non-hydrogen) atoms. The van der Waals surface area contributed by atoms with Crippen molar-refractivity contribution in [1.29, 1.82) is 0 Å². The van der Waals surface area contributed by atoms with Gasteiger partial charge in [0.25, 0.3) is 15.9 Å². The summed E-state index contributed by atoms with van der Waals surface area (Å²) in [6.45, 7) is 3.75. The molecule has 0 saturated heterocycles. The van der Waals surface area contributed by atoms with Crippen LogP contribution >= 0.6 is 0 Å². The van der Waals surface area contributed by atoms with E-state index in [0.717, 1.165) is 5.56 Å². The molecule has 2 N–H and O–H groups in total. The molecule has 0 bridgehead atoms. The van der Waals surface area contributed by atoms with Gasteiger partial charge in [0.15, 0.2) is 6.10 Å².